The number of rotatable bonds is 6. The highest BCUT2D eigenvalue weighted by atomic mass is 35.5. The van der Waals surface area contributed by atoms with Crippen LogP contribution in [0.2, 0.25) is 5.28 Å². The molecule has 0 radical (unpaired) electrons. The van der Waals surface area contributed by atoms with Gasteiger partial charge in [-0.15, -0.1) is 12.3 Å². The van der Waals surface area contributed by atoms with E-state index in [9.17, 15) is 0 Å². The average Bonchev–Trinajstić information content (AvgIpc) is 2.26. The van der Waals surface area contributed by atoms with Crippen molar-refractivity contribution < 1.29 is 4.74 Å². The van der Waals surface area contributed by atoms with Gasteiger partial charge in [0.05, 0.1) is 6.10 Å². The molecule has 18 heavy (non-hydrogen) atoms. The van der Waals surface area contributed by atoms with Crippen molar-refractivity contribution in [2.75, 3.05) is 5.32 Å². The van der Waals surface area contributed by atoms with Gasteiger partial charge in [0, 0.05) is 12.5 Å². The molecule has 98 valence electrons. The van der Waals surface area contributed by atoms with Crippen LogP contribution in [-0.4, -0.2) is 27.1 Å². The summed E-state index contributed by atoms with van der Waals surface area (Å²) in [5.74, 6) is 2.98. The minimum Gasteiger partial charge on any atom is -0.461 e. The SMILES string of the molecule is C#CCC(CC)Nc1nc(Cl)nc(OC(C)C)n1. The first-order valence-corrected chi connectivity index (χ1v) is 6.21. The molecule has 1 atom stereocenters. The van der Waals surface area contributed by atoms with Crippen LogP contribution < -0.4 is 10.1 Å². The summed E-state index contributed by atoms with van der Waals surface area (Å²) in [7, 11) is 0. The van der Waals surface area contributed by atoms with Crippen molar-refractivity contribution in [1.29, 1.82) is 0 Å². The Bertz CT molecular complexity index is 431. The van der Waals surface area contributed by atoms with Gasteiger partial charge in [0.25, 0.3) is 0 Å². The Labute approximate surface area is 112 Å². The Kier molecular flexibility index (Phi) is 5.66. The molecule has 1 aromatic rings. The lowest BCUT2D eigenvalue weighted by molar-refractivity contribution is 0.222. The molecule has 0 aromatic carbocycles. The molecule has 0 amide bonds. The molecule has 1 N–H and O–H groups in total. The van der Waals surface area contributed by atoms with Gasteiger partial charge in [0.1, 0.15) is 0 Å². The van der Waals surface area contributed by atoms with Crippen LogP contribution in [0.5, 0.6) is 6.01 Å². The van der Waals surface area contributed by atoms with E-state index in [4.69, 9.17) is 22.8 Å². The summed E-state index contributed by atoms with van der Waals surface area (Å²) in [6.07, 6.45) is 6.73. The third kappa shape index (κ3) is 4.76. The van der Waals surface area contributed by atoms with E-state index >= 15 is 0 Å². The van der Waals surface area contributed by atoms with Crippen LogP contribution in [0.1, 0.15) is 33.6 Å². The van der Waals surface area contributed by atoms with Gasteiger partial charge in [-0.2, -0.15) is 15.0 Å². The Morgan fingerprint density at radius 3 is 2.67 bits per heavy atom. The van der Waals surface area contributed by atoms with Crippen LogP contribution in [0.25, 0.3) is 0 Å². The number of anilines is 1. The minimum atomic E-state index is -0.0241. The molecule has 0 saturated carbocycles. The third-order valence-electron chi connectivity index (χ3n) is 2.12. The number of hydrogen-bond donors (Lipinski definition) is 1. The highest BCUT2D eigenvalue weighted by Crippen LogP contribution is 2.14. The first-order chi connectivity index (χ1) is 8.55. The van der Waals surface area contributed by atoms with E-state index in [-0.39, 0.29) is 23.4 Å². The first-order valence-electron chi connectivity index (χ1n) is 5.83. The number of terminal acetylenes is 1. The smallest absolute Gasteiger partial charge is 0.322 e. The highest BCUT2D eigenvalue weighted by molar-refractivity contribution is 6.28. The predicted molar refractivity (Wildman–Crippen MR) is 71.8 cm³/mol. The van der Waals surface area contributed by atoms with E-state index in [1.807, 2.05) is 20.8 Å². The van der Waals surface area contributed by atoms with Crippen molar-refractivity contribution in [2.45, 2.75) is 45.8 Å². The van der Waals surface area contributed by atoms with Crippen LogP contribution in [0.4, 0.5) is 5.95 Å². The molecule has 0 saturated heterocycles. The van der Waals surface area contributed by atoms with E-state index in [0.717, 1.165) is 6.42 Å². The zero-order valence-corrected chi connectivity index (χ0v) is 11.5. The van der Waals surface area contributed by atoms with Crippen LogP contribution in [-0.2, 0) is 0 Å². The fraction of sp³-hybridized carbons (Fsp3) is 0.583. The zero-order valence-electron chi connectivity index (χ0n) is 10.8. The molecule has 0 fully saturated rings. The number of halogens is 1. The fourth-order valence-corrected chi connectivity index (χ4v) is 1.43. The molecule has 0 bridgehead atoms. The quantitative estimate of drug-likeness (QED) is 0.804. The number of ether oxygens (including phenoxy) is 1. The number of hydrogen-bond acceptors (Lipinski definition) is 5. The maximum Gasteiger partial charge on any atom is 0.322 e. The van der Waals surface area contributed by atoms with Gasteiger partial charge in [-0.05, 0) is 31.9 Å². The van der Waals surface area contributed by atoms with Gasteiger partial charge in [-0.25, -0.2) is 0 Å². The van der Waals surface area contributed by atoms with Crippen molar-refractivity contribution in [3.8, 4) is 18.4 Å². The predicted octanol–water partition coefficient (Wildman–Crippen LogP) is 2.53. The lowest BCUT2D eigenvalue weighted by Gasteiger charge is -2.15. The molecule has 1 aromatic heterocycles. The van der Waals surface area contributed by atoms with Crippen LogP contribution in [0, 0.1) is 12.3 Å². The molecule has 1 rings (SSSR count). The molecule has 1 heterocycles. The van der Waals surface area contributed by atoms with Gasteiger partial charge < -0.3 is 10.1 Å². The van der Waals surface area contributed by atoms with Crippen LogP contribution in [0.3, 0.4) is 0 Å². The van der Waals surface area contributed by atoms with E-state index in [1.165, 1.54) is 0 Å². The van der Waals surface area contributed by atoms with Crippen molar-refractivity contribution in [1.82, 2.24) is 15.0 Å². The maximum atomic E-state index is 5.81. The molecular weight excluding hydrogens is 252 g/mol. The van der Waals surface area contributed by atoms with E-state index in [2.05, 4.69) is 26.2 Å². The lowest BCUT2D eigenvalue weighted by atomic mass is 10.2. The van der Waals surface area contributed by atoms with Gasteiger partial charge >= 0.3 is 6.01 Å². The summed E-state index contributed by atoms with van der Waals surface area (Å²) in [6, 6.07) is 0.323. The van der Waals surface area contributed by atoms with Gasteiger partial charge in [-0.1, -0.05) is 6.92 Å². The standard InChI is InChI=1S/C12H17ClN4O/c1-5-7-9(6-2)14-11-15-10(13)16-12(17-11)18-8(3)4/h1,8-9H,6-7H2,2-4H3,(H,14,15,16,17). The monoisotopic (exact) mass is 268 g/mol. The largest absolute Gasteiger partial charge is 0.461 e. The topological polar surface area (TPSA) is 59.9 Å². The number of aromatic nitrogens is 3. The number of nitrogens with one attached hydrogen (secondary N) is 1. The van der Waals surface area contributed by atoms with Crippen LogP contribution >= 0.6 is 11.6 Å². The molecule has 0 aliphatic heterocycles. The van der Waals surface area contributed by atoms with Crippen molar-refractivity contribution in [3.63, 3.8) is 0 Å². The Balaban J connectivity index is 2.82. The zero-order chi connectivity index (χ0) is 13.5. The highest BCUT2D eigenvalue weighted by Gasteiger charge is 2.11. The molecule has 1 unspecified atom stereocenters. The van der Waals surface area contributed by atoms with Gasteiger partial charge in [0.2, 0.25) is 11.2 Å². The maximum absolute atomic E-state index is 5.81. The van der Waals surface area contributed by atoms with Crippen LogP contribution in [0.15, 0.2) is 0 Å². The molecule has 5 nitrogen and oxygen atoms in total. The van der Waals surface area contributed by atoms with Crippen molar-refractivity contribution in [2.24, 2.45) is 0 Å². The lowest BCUT2D eigenvalue weighted by Crippen LogP contribution is -2.20. The Morgan fingerprint density at radius 2 is 2.11 bits per heavy atom. The third-order valence-corrected chi connectivity index (χ3v) is 2.29. The second kappa shape index (κ2) is 7.02. The summed E-state index contributed by atoms with van der Waals surface area (Å²) in [5, 5.41) is 3.21. The van der Waals surface area contributed by atoms with Gasteiger partial charge in [0.15, 0.2) is 0 Å². The molecule has 0 aliphatic rings. The molecular formula is C12H17ClN4O. The first kappa shape index (κ1) is 14.5. The second-order valence-electron chi connectivity index (χ2n) is 4.03. The summed E-state index contributed by atoms with van der Waals surface area (Å²) < 4.78 is 5.38. The Morgan fingerprint density at radius 1 is 1.39 bits per heavy atom. The van der Waals surface area contributed by atoms with E-state index in [0.29, 0.717) is 12.4 Å². The van der Waals surface area contributed by atoms with Crippen molar-refractivity contribution in [3.05, 3.63) is 5.28 Å². The number of nitrogens with zero attached hydrogens (tertiary/aromatic N) is 3. The second-order valence-corrected chi connectivity index (χ2v) is 4.37. The summed E-state index contributed by atoms with van der Waals surface area (Å²) >= 11 is 5.81. The van der Waals surface area contributed by atoms with E-state index in [1.54, 1.807) is 0 Å². The molecule has 0 spiro atoms. The Hall–Kier alpha value is -1.54. The summed E-state index contributed by atoms with van der Waals surface area (Å²) in [6.45, 7) is 5.80. The molecule has 0 aliphatic carbocycles. The van der Waals surface area contributed by atoms with Crippen molar-refractivity contribution >= 4 is 17.5 Å². The normalized spacial score (nSPS) is 12.0. The molecule has 6 heteroatoms. The van der Waals surface area contributed by atoms with E-state index < -0.39 is 0 Å². The average molecular weight is 269 g/mol. The summed E-state index contributed by atoms with van der Waals surface area (Å²) in [5.41, 5.74) is 0. The minimum absolute atomic E-state index is 0.0241. The fourth-order valence-electron chi connectivity index (χ4n) is 1.28. The van der Waals surface area contributed by atoms with Gasteiger partial charge in [-0.3, -0.25) is 0 Å². The summed E-state index contributed by atoms with van der Waals surface area (Å²) in [4.78, 5) is 12.0.